The third-order valence-electron chi connectivity index (χ3n) is 3.19. The molecule has 5 nitrogen and oxygen atoms in total. The summed E-state index contributed by atoms with van der Waals surface area (Å²) in [4.78, 5) is 13.6. The Bertz CT molecular complexity index is 454. The molecule has 1 amide bonds. The number of hydrazine groups is 1. The van der Waals surface area contributed by atoms with Crippen LogP contribution in [-0.4, -0.2) is 31.0 Å². The van der Waals surface area contributed by atoms with Crippen molar-refractivity contribution in [1.82, 2.24) is 10.3 Å². The summed E-state index contributed by atoms with van der Waals surface area (Å²) in [6.07, 6.45) is 1.55. The molecule has 1 aromatic rings. The number of hydrogen-bond acceptors (Lipinski definition) is 4. The maximum atomic E-state index is 13.6. The second kappa shape index (κ2) is 7.81. The summed E-state index contributed by atoms with van der Waals surface area (Å²) in [6.45, 7) is 2.46. The number of halogens is 1. The zero-order chi connectivity index (χ0) is 15.1. The highest BCUT2D eigenvalue weighted by Crippen LogP contribution is 2.19. The lowest BCUT2D eigenvalue weighted by molar-refractivity contribution is -0.126. The lowest BCUT2D eigenvalue weighted by Gasteiger charge is -2.26. The van der Waals surface area contributed by atoms with Gasteiger partial charge in [0, 0.05) is 6.54 Å². The molecule has 6 heteroatoms. The molecule has 20 heavy (non-hydrogen) atoms. The lowest BCUT2D eigenvalue weighted by atomic mass is 10.1. The van der Waals surface area contributed by atoms with Crippen LogP contribution in [-0.2, 0) is 11.3 Å². The number of nitrogens with two attached hydrogens (primary N) is 1. The van der Waals surface area contributed by atoms with Crippen molar-refractivity contribution in [1.29, 1.82) is 0 Å². The average Bonchev–Trinajstić information content (AvgIpc) is 2.44. The van der Waals surface area contributed by atoms with Gasteiger partial charge in [0.1, 0.15) is 0 Å². The maximum absolute atomic E-state index is 13.6. The van der Waals surface area contributed by atoms with Gasteiger partial charge >= 0.3 is 0 Å². The molecule has 0 aliphatic heterocycles. The number of nitrogens with one attached hydrogen (secondary N) is 1. The number of carbonyl (C=O) groups excluding carboxylic acids is 1. The van der Waals surface area contributed by atoms with Gasteiger partial charge in [-0.1, -0.05) is 19.4 Å². The van der Waals surface area contributed by atoms with E-state index in [0.717, 1.165) is 12.0 Å². The second-order valence-electron chi connectivity index (χ2n) is 4.70. The minimum absolute atomic E-state index is 0.209. The molecule has 0 spiro atoms. The first-order valence-electron chi connectivity index (χ1n) is 6.56. The highest BCUT2D eigenvalue weighted by atomic mass is 19.1. The van der Waals surface area contributed by atoms with E-state index in [-0.39, 0.29) is 17.7 Å². The molecule has 0 aliphatic carbocycles. The molecule has 0 saturated heterocycles. The van der Waals surface area contributed by atoms with Gasteiger partial charge in [-0.3, -0.25) is 15.1 Å². The van der Waals surface area contributed by atoms with Gasteiger partial charge in [0.25, 0.3) is 5.91 Å². The normalized spacial score (nSPS) is 12.3. The van der Waals surface area contributed by atoms with E-state index in [1.165, 1.54) is 13.2 Å². The Morgan fingerprint density at radius 1 is 1.55 bits per heavy atom. The molecule has 3 N–H and O–H groups in total. The molecule has 0 saturated carbocycles. The van der Waals surface area contributed by atoms with Gasteiger partial charge < -0.3 is 4.74 Å². The lowest BCUT2D eigenvalue weighted by Crippen LogP contribution is -2.47. The van der Waals surface area contributed by atoms with Crippen molar-refractivity contribution >= 4 is 5.91 Å². The van der Waals surface area contributed by atoms with Crippen molar-refractivity contribution in [2.45, 2.75) is 32.4 Å². The Labute approximate surface area is 118 Å². The number of hydrogen-bond donors (Lipinski definition) is 2. The molecular formula is C14H22FN3O2. The SMILES string of the molecule is CCCC(C(=O)NN)N(C)Cc1ccc(OC)c(F)c1. The fourth-order valence-corrected chi connectivity index (χ4v) is 2.13. The molecule has 1 aromatic carbocycles. The van der Waals surface area contributed by atoms with Crippen LogP contribution in [0.1, 0.15) is 25.3 Å². The molecule has 0 radical (unpaired) electrons. The number of ether oxygens (including phenoxy) is 1. The van der Waals surface area contributed by atoms with Crippen LogP contribution in [0.25, 0.3) is 0 Å². The Hall–Kier alpha value is -1.66. The molecule has 1 unspecified atom stereocenters. The second-order valence-corrected chi connectivity index (χ2v) is 4.70. The van der Waals surface area contributed by atoms with Crippen LogP contribution in [0.5, 0.6) is 5.75 Å². The van der Waals surface area contributed by atoms with Crippen molar-refractivity contribution in [3.63, 3.8) is 0 Å². The van der Waals surface area contributed by atoms with Crippen LogP contribution in [0.15, 0.2) is 18.2 Å². The van der Waals surface area contributed by atoms with E-state index in [1.54, 1.807) is 12.1 Å². The minimum Gasteiger partial charge on any atom is -0.494 e. The highest BCUT2D eigenvalue weighted by Gasteiger charge is 2.21. The van der Waals surface area contributed by atoms with Gasteiger partial charge in [0.15, 0.2) is 11.6 Å². The summed E-state index contributed by atoms with van der Waals surface area (Å²) in [6, 6.07) is 4.45. The van der Waals surface area contributed by atoms with Gasteiger partial charge in [0.05, 0.1) is 13.2 Å². The first kappa shape index (κ1) is 16.4. The van der Waals surface area contributed by atoms with E-state index in [0.29, 0.717) is 13.0 Å². The Morgan fingerprint density at radius 2 is 2.25 bits per heavy atom. The van der Waals surface area contributed by atoms with Crippen LogP contribution < -0.4 is 16.0 Å². The highest BCUT2D eigenvalue weighted by molar-refractivity contribution is 5.81. The molecule has 0 heterocycles. The third kappa shape index (κ3) is 4.18. The van der Waals surface area contributed by atoms with Gasteiger partial charge in [-0.15, -0.1) is 0 Å². The quantitative estimate of drug-likeness (QED) is 0.451. The smallest absolute Gasteiger partial charge is 0.251 e. The monoisotopic (exact) mass is 283 g/mol. The van der Waals surface area contributed by atoms with E-state index in [4.69, 9.17) is 10.6 Å². The Balaban J connectivity index is 2.79. The fourth-order valence-electron chi connectivity index (χ4n) is 2.13. The van der Waals surface area contributed by atoms with Crippen molar-refractivity contribution in [2.75, 3.05) is 14.2 Å². The van der Waals surface area contributed by atoms with Gasteiger partial charge in [-0.05, 0) is 31.2 Å². The zero-order valence-corrected chi connectivity index (χ0v) is 12.1. The summed E-state index contributed by atoms with van der Waals surface area (Å²) in [5.41, 5.74) is 2.95. The van der Waals surface area contributed by atoms with Crippen molar-refractivity contribution in [3.05, 3.63) is 29.6 Å². The average molecular weight is 283 g/mol. The molecule has 112 valence electrons. The summed E-state index contributed by atoms with van der Waals surface area (Å²) in [5, 5.41) is 0. The summed E-state index contributed by atoms with van der Waals surface area (Å²) in [7, 11) is 3.24. The van der Waals surface area contributed by atoms with Crippen LogP contribution in [0.2, 0.25) is 0 Å². The largest absolute Gasteiger partial charge is 0.494 e. The number of amides is 1. The number of nitrogens with zero attached hydrogens (tertiary/aromatic N) is 1. The van der Waals surface area contributed by atoms with Gasteiger partial charge in [-0.25, -0.2) is 10.2 Å². The molecule has 1 atom stereocenters. The van der Waals surface area contributed by atoms with Crippen molar-refractivity contribution in [3.8, 4) is 5.75 Å². The first-order chi connectivity index (χ1) is 9.53. The molecule has 0 aliphatic rings. The number of benzene rings is 1. The van der Waals surface area contributed by atoms with E-state index < -0.39 is 5.82 Å². The standard InChI is InChI=1S/C14H22FN3O2/c1-4-5-12(14(19)17-16)18(2)9-10-6-7-13(20-3)11(15)8-10/h6-8,12H,4-5,9,16H2,1-3H3,(H,17,19). The van der Waals surface area contributed by atoms with E-state index >= 15 is 0 Å². The maximum Gasteiger partial charge on any atom is 0.251 e. The van der Waals surface area contributed by atoms with E-state index in [1.807, 2.05) is 18.9 Å². The Kier molecular flexibility index (Phi) is 6.41. The molecule has 0 fully saturated rings. The summed E-state index contributed by atoms with van der Waals surface area (Å²) < 4.78 is 18.5. The van der Waals surface area contributed by atoms with Gasteiger partial charge in [-0.2, -0.15) is 0 Å². The number of methoxy groups -OCH3 is 1. The topological polar surface area (TPSA) is 67.6 Å². The van der Waals surface area contributed by atoms with Crippen molar-refractivity contribution in [2.24, 2.45) is 5.84 Å². The molecule has 1 rings (SSSR count). The zero-order valence-electron chi connectivity index (χ0n) is 12.1. The Morgan fingerprint density at radius 3 is 2.75 bits per heavy atom. The molecular weight excluding hydrogens is 261 g/mol. The van der Waals surface area contributed by atoms with Crippen LogP contribution in [0.4, 0.5) is 4.39 Å². The van der Waals surface area contributed by atoms with E-state index in [2.05, 4.69) is 5.43 Å². The van der Waals surface area contributed by atoms with E-state index in [9.17, 15) is 9.18 Å². The third-order valence-corrected chi connectivity index (χ3v) is 3.19. The van der Waals surface area contributed by atoms with Crippen LogP contribution in [0.3, 0.4) is 0 Å². The van der Waals surface area contributed by atoms with Crippen LogP contribution in [0, 0.1) is 5.82 Å². The number of likely N-dealkylation sites (N-methyl/N-ethyl adjacent to an activating group) is 1. The number of carbonyl (C=O) groups is 1. The summed E-state index contributed by atoms with van der Waals surface area (Å²) >= 11 is 0. The summed E-state index contributed by atoms with van der Waals surface area (Å²) in [5.74, 6) is 4.76. The molecule has 0 aromatic heterocycles. The van der Waals surface area contributed by atoms with Gasteiger partial charge in [0.2, 0.25) is 0 Å². The minimum atomic E-state index is -0.409. The fraction of sp³-hybridized carbons (Fsp3) is 0.500. The predicted molar refractivity (Wildman–Crippen MR) is 75.4 cm³/mol. The molecule has 0 bridgehead atoms. The van der Waals surface area contributed by atoms with Crippen molar-refractivity contribution < 1.29 is 13.9 Å². The van der Waals surface area contributed by atoms with Crippen LogP contribution >= 0.6 is 0 Å². The number of rotatable bonds is 7. The predicted octanol–water partition coefficient (Wildman–Crippen LogP) is 1.42. The first-order valence-corrected chi connectivity index (χ1v) is 6.56.